The summed E-state index contributed by atoms with van der Waals surface area (Å²) in [5.41, 5.74) is 1.99. The summed E-state index contributed by atoms with van der Waals surface area (Å²) in [6, 6.07) is 15.4. The summed E-state index contributed by atoms with van der Waals surface area (Å²) in [5.74, 6) is -0.725. The van der Waals surface area contributed by atoms with Crippen LogP contribution in [0, 0.1) is 5.92 Å². The second-order valence-corrected chi connectivity index (χ2v) is 6.88. The van der Waals surface area contributed by atoms with E-state index in [0.29, 0.717) is 17.8 Å². The van der Waals surface area contributed by atoms with Crippen LogP contribution >= 0.6 is 0 Å². The van der Waals surface area contributed by atoms with E-state index in [-0.39, 0.29) is 30.1 Å². The van der Waals surface area contributed by atoms with Gasteiger partial charge in [-0.15, -0.1) is 0 Å². The number of amides is 3. The van der Waals surface area contributed by atoms with Crippen molar-refractivity contribution in [3.63, 3.8) is 0 Å². The number of benzene rings is 2. The number of rotatable bonds is 8. The Kier molecular flexibility index (Phi) is 7.75. The van der Waals surface area contributed by atoms with Crippen molar-refractivity contribution < 1.29 is 14.4 Å². The molecular weight excluding hydrogens is 354 g/mol. The second kappa shape index (κ2) is 10.3. The molecule has 0 saturated carbocycles. The Bertz CT molecular complexity index is 802. The molecule has 2 rings (SSSR count). The summed E-state index contributed by atoms with van der Waals surface area (Å²) in [6.45, 7) is 6.16. The van der Waals surface area contributed by atoms with Gasteiger partial charge in [0.05, 0.1) is 6.42 Å². The van der Waals surface area contributed by atoms with Crippen molar-refractivity contribution in [3.05, 3.63) is 65.7 Å². The summed E-state index contributed by atoms with van der Waals surface area (Å²) in [5, 5.41) is 8.34. The number of hydrogen-bond donors (Lipinski definition) is 3. The van der Waals surface area contributed by atoms with Crippen molar-refractivity contribution >= 4 is 23.4 Å². The van der Waals surface area contributed by atoms with Gasteiger partial charge in [0.1, 0.15) is 6.04 Å². The predicted octanol–water partition coefficient (Wildman–Crippen LogP) is 2.76. The highest BCUT2D eigenvalue weighted by Crippen LogP contribution is 2.12. The summed E-state index contributed by atoms with van der Waals surface area (Å²) < 4.78 is 0. The quantitative estimate of drug-likeness (QED) is 0.657. The fraction of sp³-hybridized carbons (Fsp3) is 0.318. The third-order valence-electron chi connectivity index (χ3n) is 4.23. The van der Waals surface area contributed by atoms with Crippen LogP contribution in [0.4, 0.5) is 5.69 Å². The molecular formula is C22H27N3O3. The van der Waals surface area contributed by atoms with E-state index in [0.717, 1.165) is 5.56 Å². The molecule has 2 aromatic carbocycles. The molecule has 0 aliphatic rings. The molecule has 0 bridgehead atoms. The van der Waals surface area contributed by atoms with Gasteiger partial charge in [-0.1, -0.05) is 44.2 Å². The van der Waals surface area contributed by atoms with Crippen molar-refractivity contribution in [2.24, 2.45) is 5.92 Å². The largest absolute Gasteiger partial charge is 0.352 e. The highest BCUT2D eigenvalue weighted by atomic mass is 16.2. The second-order valence-electron chi connectivity index (χ2n) is 6.88. The molecule has 3 N–H and O–H groups in total. The zero-order chi connectivity index (χ0) is 20.5. The number of carbonyl (C=O) groups is 3. The van der Waals surface area contributed by atoms with Crippen LogP contribution in [0.15, 0.2) is 54.6 Å². The zero-order valence-corrected chi connectivity index (χ0v) is 16.5. The van der Waals surface area contributed by atoms with Crippen molar-refractivity contribution in [3.8, 4) is 0 Å². The van der Waals surface area contributed by atoms with Crippen LogP contribution in [0.1, 0.15) is 36.7 Å². The van der Waals surface area contributed by atoms with Gasteiger partial charge in [-0.25, -0.2) is 0 Å². The minimum absolute atomic E-state index is 0.0747. The fourth-order valence-corrected chi connectivity index (χ4v) is 2.73. The molecule has 0 saturated heterocycles. The maximum absolute atomic E-state index is 12.7. The van der Waals surface area contributed by atoms with E-state index in [1.165, 1.54) is 0 Å². The molecule has 6 nitrogen and oxygen atoms in total. The highest BCUT2D eigenvalue weighted by Gasteiger charge is 2.24. The molecule has 148 valence electrons. The van der Waals surface area contributed by atoms with Gasteiger partial charge >= 0.3 is 0 Å². The normalized spacial score (nSPS) is 11.6. The minimum atomic E-state index is -0.653. The van der Waals surface area contributed by atoms with Crippen LogP contribution in [0.25, 0.3) is 0 Å². The number of anilines is 1. The first-order valence-electron chi connectivity index (χ1n) is 9.43. The predicted molar refractivity (Wildman–Crippen MR) is 110 cm³/mol. The molecule has 1 unspecified atom stereocenters. The molecule has 6 heteroatoms. The first-order chi connectivity index (χ1) is 13.4. The van der Waals surface area contributed by atoms with Gasteiger partial charge in [0.2, 0.25) is 11.8 Å². The Morgan fingerprint density at radius 3 is 2.14 bits per heavy atom. The number of nitrogens with one attached hydrogen (secondary N) is 3. The Morgan fingerprint density at radius 1 is 0.929 bits per heavy atom. The Labute approximate surface area is 165 Å². The molecule has 28 heavy (non-hydrogen) atoms. The average molecular weight is 381 g/mol. The molecule has 3 amide bonds. The first-order valence-corrected chi connectivity index (χ1v) is 9.43. The molecule has 1 atom stereocenters. The smallest absolute Gasteiger partial charge is 0.251 e. The van der Waals surface area contributed by atoms with Gasteiger partial charge in [0, 0.05) is 17.8 Å². The molecule has 0 aliphatic heterocycles. The molecule has 2 aromatic rings. The van der Waals surface area contributed by atoms with E-state index in [1.54, 1.807) is 24.3 Å². The van der Waals surface area contributed by atoms with Crippen molar-refractivity contribution in [2.45, 2.75) is 33.2 Å². The van der Waals surface area contributed by atoms with Crippen molar-refractivity contribution in [2.75, 3.05) is 11.9 Å². The van der Waals surface area contributed by atoms with Gasteiger partial charge in [0.15, 0.2) is 0 Å². The monoisotopic (exact) mass is 381 g/mol. The topological polar surface area (TPSA) is 87.3 Å². The Morgan fingerprint density at radius 2 is 1.57 bits per heavy atom. The van der Waals surface area contributed by atoms with Gasteiger partial charge in [0.25, 0.3) is 5.91 Å². The third kappa shape index (κ3) is 6.23. The number of carbonyl (C=O) groups excluding carboxylic acids is 3. The lowest BCUT2D eigenvalue weighted by Crippen LogP contribution is -2.47. The van der Waals surface area contributed by atoms with Crippen LogP contribution < -0.4 is 16.0 Å². The maximum atomic E-state index is 12.7. The van der Waals surface area contributed by atoms with E-state index >= 15 is 0 Å². The minimum Gasteiger partial charge on any atom is -0.352 e. The van der Waals surface area contributed by atoms with E-state index in [1.807, 2.05) is 51.1 Å². The molecule has 0 aliphatic carbocycles. The van der Waals surface area contributed by atoms with E-state index < -0.39 is 6.04 Å². The van der Waals surface area contributed by atoms with Crippen LogP contribution in [-0.2, 0) is 16.0 Å². The standard InChI is InChI=1S/C22H27N3O3/c1-4-23-21(27)17-10-12-18(13-11-17)24-22(28)20(15(2)3)25-19(26)14-16-8-6-5-7-9-16/h5-13,15,20H,4,14H2,1-3H3,(H,23,27)(H,24,28)(H,25,26). The van der Waals surface area contributed by atoms with Gasteiger partial charge in [-0.05, 0) is 42.7 Å². The van der Waals surface area contributed by atoms with Crippen LogP contribution in [0.3, 0.4) is 0 Å². The summed E-state index contributed by atoms with van der Waals surface area (Å²) in [4.78, 5) is 36.8. The van der Waals surface area contributed by atoms with Gasteiger partial charge < -0.3 is 16.0 Å². The molecule has 0 fully saturated rings. The van der Waals surface area contributed by atoms with Crippen LogP contribution in [-0.4, -0.2) is 30.3 Å². The molecule has 0 radical (unpaired) electrons. The molecule has 0 aromatic heterocycles. The lowest BCUT2D eigenvalue weighted by atomic mass is 10.0. The SMILES string of the molecule is CCNC(=O)c1ccc(NC(=O)C(NC(=O)Cc2ccccc2)C(C)C)cc1. The summed E-state index contributed by atoms with van der Waals surface area (Å²) in [6.07, 6.45) is 0.221. The fourth-order valence-electron chi connectivity index (χ4n) is 2.73. The Hall–Kier alpha value is -3.15. The third-order valence-corrected chi connectivity index (χ3v) is 4.23. The highest BCUT2D eigenvalue weighted by molar-refractivity contribution is 5.98. The van der Waals surface area contributed by atoms with Crippen LogP contribution in [0.2, 0.25) is 0 Å². The maximum Gasteiger partial charge on any atom is 0.251 e. The summed E-state index contributed by atoms with van der Waals surface area (Å²) in [7, 11) is 0. The Balaban J connectivity index is 1.98. The summed E-state index contributed by atoms with van der Waals surface area (Å²) >= 11 is 0. The van der Waals surface area contributed by atoms with E-state index in [2.05, 4.69) is 16.0 Å². The van der Waals surface area contributed by atoms with Gasteiger partial charge in [-0.2, -0.15) is 0 Å². The van der Waals surface area contributed by atoms with E-state index in [9.17, 15) is 14.4 Å². The molecule has 0 spiro atoms. The first kappa shape index (κ1) is 21.2. The van der Waals surface area contributed by atoms with Crippen molar-refractivity contribution in [1.82, 2.24) is 10.6 Å². The van der Waals surface area contributed by atoms with Crippen LogP contribution in [0.5, 0.6) is 0 Å². The average Bonchev–Trinajstić information content (AvgIpc) is 2.67. The zero-order valence-electron chi connectivity index (χ0n) is 16.5. The lowest BCUT2D eigenvalue weighted by Gasteiger charge is -2.22. The number of hydrogen-bond acceptors (Lipinski definition) is 3. The molecule has 0 heterocycles. The van der Waals surface area contributed by atoms with Crippen molar-refractivity contribution in [1.29, 1.82) is 0 Å². The van der Waals surface area contributed by atoms with E-state index in [4.69, 9.17) is 0 Å². The lowest BCUT2D eigenvalue weighted by molar-refractivity contribution is -0.127. The van der Waals surface area contributed by atoms with Gasteiger partial charge in [-0.3, -0.25) is 14.4 Å².